The number of aromatic nitrogens is 2. The van der Waals surface area contributed by atoms with Crippen molar-refractivity contribution < 1.29 is 9.84 Å². The lowest BCUT2D eigenvalue weighted by Crippen LogP contribution is -2.04. The fraction of sp³-hybridized carbons (Fsp3) is 0.231. The fourth-order valence-electron chi connectivity index (χ4n) is 1.72. The molecule has 0 saturated carbocycles. The van der Waals surface area contributed by atoms with Crippen LogP contribution < -0.4 is 4.74 Å². The first kappa shape index (κ1) is 13.0. The molecule has 5 heteroatoms. The van der Waals surface area contributed by atoms with Crippen LogP contribution in [0.5, 0.6) is 5.75 Å². The number of halogens is 1. The summed E-state index contributed by atoms with van der Waals surface area (Å²) in [4.78, 5) is 7.79. The predicted octanol–water partition coefficient (Wildman–Crippen LogP) is 2.52. The number of aliphatic hydroxyl groups excluding tert-OH is 1. The van der Waals surface area contributed by atoms with Crippen molar-refractivity contribution in [3.63, 3.8) is 0 Å². The molecule has 1 atom stereocenters. The van der Waals surface area contributed by atoms with E-state index in [0.29, 0.717) is 12.0 Å². The lowest BCUT2D eigenvalue weighted by Gasteiger charge is -2.13. The summed E-state index contributed by atoms with van der Waals surface area (Å²) in [6.45, 7) is 0. The van der Waals surface area contributed by atoms with Gasteiger partial charge in [0.15, 0.2) is 0 Å². The van der Waals surface area contributed by atoms with E-state index in [1.54, 1.807) is 19.5 Å². The van der Waals surface area contributed by atoms with Gasteiger partial charge in [0.2, 0.25) is 0 Å². The van der Waals surface area contributed by atoms with Gasteiger partial charge in [-0.15, -0.1) is 0 Å². The normalized spacial score (nSPS) is 12.2. The van der Waals surface area contributed by atoms with Gasteiger partial charge in [0.25, 0.3) is 0 Å². The van der Waals surface area contributed by atoms with Gasteiger partial charge in [0.1, 0.15) is 12.1 Å². The Morgan fingerprint density at radius 2 is 2.06 bits per heavy atom. The van der Waals surface area contributed by atoms with Crippen molar-refractivity contribution in [2.75, 3.05) is 7.11 Å². The minimum Gasteiger partial charge on any atom is -0.496 e. The van der Waals surface area contributed by atoms with Gasteiger partial charge >= 0.3 is 0 Å². The molecule has 0 saturated heterocycles. The van der Waals surface area contributed by atoms with Crippen molar-refractivity contribution >= 4 is 15.9 Å². The second-order valence-corrected chi connectivity index (χ2v) is 4.76. The summed E-state index contributed by atoms with van der Waals surface area (Å²) in [5.41, 5.74) is 1.63. The molecular weight excluding hydrogens is 296 g/mol. The van der Waals surface area contributed by atoms with E-state index in [2.05, 4.69) is 25.9 Å². The van der Waals surface area contributed by atoms with Crippen LogP contribution in [0.2, 0.25) is 0 Å². The third-order valence-electron chi connectivity index (χ3n) is 2.62. The number of aliphatic hydroxyl groups is 1. The third kappa shape index (κ3) is 3.05. The van der Waals surface area contributed by atoms with Crippen molar-refractivity contribution in [1.29, 1.82) is 0 Å². The summed E-state index contributed by atoms with van der Waals surface area (Å²) in [5.74, 6) is 0.758. The van der Waals surface area contributed by atoms with Crippen LogP contribution in [0.15, 0.2) is 41.4 Å². The Balaban J connectivity index is 2.21. The van der Waals surface area contributed by atoms with Crippen molar-refractivity contribution in [3.05, 3.63) is 52.5 Å². The van der Waals surface area contributed by atoms with Crippen LogP contribution in [-0.4, -0.2) is 22.2 Å². The molecule has 2 aromatic rings. The predicted molar refractivity (Wildman–Crippen MR) is 71.4 cm³/mol. The molecule has 1 aromatic heterocycles. The number of benzene rings is 1. The number of methoxy groups -OCH3 is 1. The molecule has 4 nitrogen and oxygen atoms in total. The molecule has 1 N–H and O–H groups in total. The minimum absolute atomic E-state index is 0.454. The SMILES string of the molecule is COc1ccc(Br)cc1CC(O)c1cncnc1. The topological polar surface area (TPSA) is 55.2 Å². The van der Waals surface area contributed by atoms with Crippen molar-refractivity contribution in [2.45, 2.75) is 12.5 Å². The van der Waals surface area contributed by atoms with Gasteiger partial charge in [0, 0.05) is 28.9 Å². The van der Waals surface area contributed by atoms with Crippen LogP contribution in [0.25, 0.3) is 0 Å². The zero-order valence-electron chi connectivity index (χ0n) is 9.88. The summed E-state index contributed by atoms with van der Waals surface area (Å²) in [7, 11) is 1.62. The van der Waals surface area contributed by atoms with E-state index in [4.69, 9.17) is 4.74 Å². The molecule has 0 aliphatic carbocycles. The Morgan fingerprint density at radius 3 is 2.72 bits per heavy atom. The second kappa shape index (κ2) is 5.93. The Kier molecular flexibility index (Phi) is 4.28. The first-order valence-electron chi connectivity index (χ1n) is 5.46. The minimum atomic E-state index is -0.644. The molecule has 1 heterocycles. The first-order chi connectivity index (χ1) is 8.70. The summed E-state index contributed by atoms with van der Waals surface area (Å²) in [5, 5.41) is 10.1. The highest BCUT2D eigenvalue weighted by Crippen LogP contribution is 2.27. The monoisotopic (exact) mass is 308 g/mol. The van der Waals surface area contributed by atoms with Gasteiger partial charge in [-0.3, -0.25) is 0 Å². The second-order valence-electron chi connectivity index (χ2n) is 3.85. The van der Waals surface area contributed by atoms with Crippen LogP contribution in [-0.2, 0) is 6.42 Å². The molecule has 0 aliphatic heterocycles. The maximum absolute atomic E-state index is 10.1. The molecule has 18 heavy (non-hydrogen) atoms. The highest BCUT2D eigenvalue weighted by Gasteiger charge is 2.12. The van der Waals surface area contributed by atoms with E-state index >= 15 is 0 Å². The van der Waals surface area contributed by atoms with Gasteiger partial charge in [-0.2, -0.15) is 0 Å². The average molecular weight is 309 g/mol. The lowest BCUT2D eigenvalue weighted by molar-refractivity contribution is 0.176. The van der Waals surface area contributed by atoms with Gasteiger partial charge in [-0.25, -0.2) is 9.97 Å². The molecule has 2 rings (SSSR count). The quantitative estimate of drug-likeness (QED) is 0.943. The number of hydrogen-bond donors (Lipinski definition) is 1. The van der Waals surface area contributed by atoms with Gasteiger partial charge in [-0.05, 0) is 23.8 Å². The fourth-order valence-corrected chi connectivity index (χ4v) is 2.12. The molecule has 0 fully saturated rings. The molecule has 0 spiro atoms. The van der Waals surface area contributed by atoms with Gasteiger partial charge in [0.05, 0.1) is 13.2 Å². The smallest absolute Gasteiger partial charge is 0.122 e. The largest absolute Gasteiger partial charge is 0.496 e. The molecule has 1 aromatic carbocycles. The highest BCUT2D eigenvalue weighted by atomic mass is 79.9. The first-order valence-corrected chi connectivity index (χ1v) is 6.25. The molecule has 0 amide bonds. The Morgan fingerprint density at radius 1 is 1.33 bits per heavy atom. The van der Waals surface area contributed by atoms with Crippen molar-refractivity contribution in [2.24, 2.45) is 0 Å². The van der Waals surface area contributed by atoms with E-state index in [1.165, 1.54) is 6.33 Å². The summed E-state index contributed by atoms with van der Waals surface area (Å²) < 4.78 is 6.23. The number of hydrogen-bond acceptors (Lipinski definition) is 4. The zero-order valence-corrected chi connectivity index (χ0v) is 11.5. The molecule has 1 unspecified atom stereocenters. The zero-order chi connectivity index (χ0) is 13.0. The van der Waals surface area contributed by atoms with E-state index < -0.39 is 6.10 Å². The Hall–Kier alpha value is -1.46. The lowest BCUT2D eigenvalue weighted by atomic mass is 10.0. The van der Waals surface area contributed by atoms with Crippen LogP contribution in [0.1, 0.15) is 17.2 Å². The number of ether oxygens (including phenoxy) is 1. The molecule has 0 aliphatic rings. The summed E-state index contributed by atoms with van der Waals surface area (Å²) in [6, 6.07) is 5.71. The van der Waals surface area contributed by atoms with E-state index in [9.17, 15) is 5.11 Å². The molecular formula is C13H13BrN2O2. The average Bonchev–Trinajstić information content (AvgIpc) is 2.40. The van der Waals surface area contributed by atoms with Crippen LogP contribution >= 0.6 is 15.9 Å². The standard InChI is InChI=1S/C13H13BrN2O2/c1-18-13-3-2-11(14)4-9(13)5-12(17)10-6-15-8-16-7-10/h2-4,6-8,12,17H,5H2,1H3. The molecule has 94 valence electrons. The Bertz CT molecular complexity index is 520. The summed E-state index contributed by atoms with van der Waals surface area (Å²) >= 11 is 3.41. The highest BCUT2D eigenvalue weighted by molar-refractivity contribution is 9.10. The third-order valence-corrected chi connectivity index (χ3v) is 3.11. The summed E-state index contributed by atoms with van der Waals surface area (Å²) in [6.07, 6.45) is 4.48. The van der Waals surface area contributed by atoms with Crippen molar-refractivity contribution in [3.8, 4) is 5.75 Å². The van der Waals surface area contributed by atoms with Crippen LogP contribution in [0, 0.1) is 0 Å². The number of rotatable bonds is 4. The van der Waals surface area contributed by atoms with Gasteiger partial charge < -0.3 is 9.84 Å². The van der Waals surface area contributed by atoms with Crippen LogP contribution in [0.3, 0.4) is 0 Å². The van der Waals surface area contributed by atoms with E-state index in [1.807, 2.05) is 18.2 Å². The number of nitrogens with zero attached hydrogens (tertiary/aromatic N) is 2. The Labute approximate surface area is 114 Å². The van der Waals surface area contributed by atoms with Gasteiger partial charge in [-0.1, -0.05) is 15.9 Å². The van der Waals surface area contributed by atoms with Crippen LogP contribution in [0.4, 0.5) is 0 Å². The van der Waals surface area contributed by atoms with E-state index in [0.717, 1.165) is 15.8 Å². The molecule has 0 bridgehead atoms. The maximum atomic E-state index is 10.1. The maximum Gasteiger partial charge on any atom is 0.122 e. The van der Waals surface area contributed by atoms with E-state index in [-0.39, 0.29) is 0 Å². The van der Waals surface area contributed by atoms with Crippen molar-refractivity contribution in [1.82, 2.24) is 9.97 Å². The molecule has 0 radical (unpaired) electrons.